The van der Waals surface area contributed by atoms with E-state index in [1.165, 1.54) is 4.31 Å². The molecule has 2 fully saturated rings. The summed E-state index contributed by atoms with van der Waals surface area (Å²) in [5.74, 6) is -0.636. The number of nitrogens with zero attached hydrogens (tertiary/aromatic N) is 2. The minimum absolute atomic E-state index is 0.0453. The van der Waals surface area contributed by atoms with Gasteiger partial charge in [-0.3, -0.25) is 9.59 Å². The van der Waals surface area contributed by atoms with Crippen LogP contribution in [0.15, 0.2) is 29.2 Å². The molecule has 1 aromatic rings. The molecule has 0 spiro atoms. The largest absolute Gasteiger partial charge is 0.455 e. The van der Waals surface area contributed by atoms with Gasteiger partial charge in [-0.2, -0.15) is 4.31 Å². The molecule has 0 bridgehead atoms. The zero-order valence-electron chi connectivity index (χ0n) is 17.4. The summed E-state index contributed by atoms with van der Waals surface area (Å²) < 4.78 is 32.3. The summed E-state index contributed by atoms with van der Waals surface area (Å²) >= 11 is 0. The predicted octanol–water partition coefficient (Wildman–Crippen LogP) is 2.16. The fourth-order valence-electron chi connectivity index (χ4n) is 3.44. The van der Waals surface area contributed by atoms with Crippen molar-refractivity contribution in [2.75, 3.05) is 32.8 Å². The Kier molecular flexibility index (Phi) is 6.33. The third-order valence-electron chi connectivity index (χ3n) is 5.73. The Bertz CT molecular complexity index is 846. The van der Waals surface area contributed by atoms with Crippen molar-refractivity contribution < 1.29 is 22.7 Å². The maximum absolute atomic E-state index is 12.9. The van der Waals surface area contributed by atoms with Gasteiger partial charge in [-0.15, -0.1) is 0 Å². The van der Waals surface area contributed by atoms with E-state index in [-0.39, 0.29) is 47.8 Å². The lowest BCUT2D eigenvalue weighted by Gasteiger charge is -2.34. The SMILES string of the molecule is CC(C)(C)c1ccc(S(=O)(=O)N2CCN(C(=O)COC(=O)C3CCC3)CC2)cc1. The summed E-state index contributed by atoms with van der Waals surface area (Å²) in [7, 11) is -3.60. The summed E-state index contributed by atoms with van der Waals surface area (Å²) in [4.78, 5) is 25.9. The lowest BCUT2D eigenvalue weighted by Crippen LogP contribution is -2.51. The van der Waals surface area contributed by atoms with Gasteiger partial charge >= 0.3 is 5.97 Å². The van der Waals surface area contributed by atoms with Crippen LogP contribution in [-0.4, -0.2) is 62.3 Å². The predicted molar refractivity (Wildman–Crippen MR) is 109 cm³/mol. The second-order valence-corrected chi connectivity index (χ2v) is 10.7. The normalized spacial score (nSPS) is 18.9. The van der Waals surface area contributed by atoms with Gasteiger partial charge < -0.3 is 9.64 Å². The quantitative estimate of drug-likeness (QED) is 0.679. The van der Waals surface area contributed by atoms with Crippen LogP contribution in [0.3, 0.4) is 0 Å². The first kappa shape index (κ1) is 21.8. The molecule has 160 valence electrons. The van der Waals surface area contributed by atoms with Gasteiger partial charge in [-0.25, -0.2) is 8.42 Å². The van der Waals surface area contributed by atoms with Gasteiger partial charge in [-0.1, -0.05) is 39.3 Å². The number of carbonyl (C=O) groups excluding carboxylic acids is 2. The maximum Gasteiger partial charge on any atom is 0.309 e. The van der Waals surface area contributed by atoms with Crippen LogP contribution < -0.4 is 0 Å². The highest BCUT2D eigenvalue weighted by molar-refractivity contribution is 7.89. The number of piperazine rings is 1. The van der Waals surface area contributed by atoms with Crippen molar-refractivity contribution in [1.82, 2.24) is 9.21 Å². The van der Waals surface area contributed by atoms with Gasteiger partial charge in [0.1, 0.15) is 0 Å². The van der Waals surface area contributed by atoms with E-state index in [4.69, 9.17) is 4.74 Å². The molecule has 0 radical (unpaired) electrons. The molecule has 1 saturated heterocycles. The molecule has 2 aliphatic rings. The van der Waals surface area contributed by atoms with Gasteiger partial charge in [0.2, 0.25) is 10.0 Å². The number of benzene rings is 1. The highest BCUT2D eigenvalue weighted by atomic mass is 32.2. The minimum atomic E-state index is -3.60. The van der Waals surface area contributed by atoms with E-state index in [1.54, 1.807) is 17.0 Å². The van der Waals surface area contributed by atoms with Gasteiger partial charge in [0.25, 0.3) is 5.91 Å². The van der Waals surface area contributed by atoms with Crippen molar-refractivity contribution in [2.45, 2.75) is 50.3 Å². The summed E-state index contributed by atoms with van der Waals surface area (Å²) in [5, 5.41) is 0. The standard InChI is InChI=1S/C21H30N2O5S/c1-21(2,3)17-7-9-18(10-8-17)29(26,27)23-13-11-22(12-14-23)19(24)15-28-20(25)16-5-4-6-16/h7-10,16H,4-6,11-15H2,1-3H3. The Labute approximate surface area is 173 Å². The number of carbonyl (C=O) groups is 2. The summed E-state index contributed by atoms with van der Waals surface area (Å²) in [6, 6.07) is 6.99. The molecule has 1 amide bonds. The Morgan fingerprint density at radius 1 is 1.03 bits per heavy atom. The maximum atomic E-state index is 12.9. The molecule has 1 saturated carbocycles. The first-order valence-electron chi connectivity index (χ1n) is 10.1. The summed E-state index contributed by atoms with van der Waals surface area (Å²) in [6.45, 7) is 7.01. The molecule has 7 nitrogen and oxygen atoms in total. The smallest absolute Gasteiger partial charge is 0.309 e. The van der Waals surface area contributed by atoms with Crippen LogP contribution in [0.2, 0.25) is 0 Å². The number of amides is 1. The van der Waals surface area contributed by atoms with Gasteiger partial charge in [-0.05, 0) is 36.0 Å². The molecule has 0 N–H and O–H groups in total. The van der Waals surface area contributed by atoms with Crippen LogP contribution in [0.1, 0.15) is 45.6 Å². The molecule has 3 rings (SSSR count). The first-order chi connectivity index (χ1) is 13.6. The van der Waals surface area contributed by atoms with E-state index >= 15 is 0 Å². The molecule has 1 heterocycles. The zero-order chi connectivity index (χ0) is 21.2. The molecule has 0 aromatic heterocycles. The number of ether oxygens (including phenoxy) is 1. The van der Waals surface area contributed by atoms with Crippen molar-refractivity contribution in [2.24, 2.45) is 5.92 Å². The summed E-state index contributed by atoms with van der Waals surface area (Å²) in [5.41, 5.74) is 1.03. The van der Waals surface area contributed by atoms with E-state index in [0.29, 0.717) is 13.1 Å². The van der Waals surface area contributed by atoms with Crippen LogP contribution in [0, 0.1) is 5.92 Å². The monoisotopic (exact) mass is 422 g/mol. The first-order valence-corrected chi connectivity index (χ1v) is 11.6. The molecule has 1 aliphatic carbocycles. The second kappa shape index (κ2) is 8.44. The zero-order valence-corrected chi connectivity index (χ0v) is 18.2. The van der Waals surface area contributed by atoms with E-state index in [1.807, 2.05) is 12.1 Å². The highest BCUT2D eigenvalue weighted by Crippen LogP contribution is 2.27. The van der Waals surface area contributed by atoms with Crippen LogP contribution in [0.25, 0.3) is 0 Å². The highest BCUT2D eigenvalue weighted by Gasteiger charge is 2.32. The molecule has 1 aromatic carbocycles. The van der Waals surface area contributed by atoms with Crippen molar-refractivity contribution in [3.63, 3.8) is 0 Å². The van der Waals surface area contributed by atoms with E-state index in [2.05, 4.69) is 20.8 Å². The minimum Gasteiger partial charge on any atom is -0.455 e. The van der Waals surface area contributed by atoms with Crippen LogP contribution >= 0.6 is 0 Å². The van der Waals surface area contributed by atoms with Gasteiger partial charge in [0.15, 0.2) is 6.61 Å². The average Bonchev–Trinajstić information content (AvgIpc) is 2.64. The molecule has 1 aliphatic heterocycles. The van der Waals surface area contributed by atoms with Crippen LogP contribution in [0.5, 0.6) is 0 Å². The molecule has 8 heteroatoms. The van der Waals surface area contributed by atoms with Crippen molar-refractivity contribution in [1.29, 1.82) is 0 Å². The van der Waals surface area contributed by atoms with E-state index in [9.17, 15) is 18.0 Å². The lowest BCUT2D eigenvalue weighted by molar-refractivity contribution is -0.158. The lowest BCUT2D eigenvalue weighted by atomic mass is 9.86. The number of sulfonamides is 1. The molecular formula is C21H30N2O5S. The summed E-state index contributed by atoms with van der Waals surface area (Å²) in [6.07, 6.45) is 2.70. The number of hydrogen-bond acceptors (Lipinski definition) is 5. The average molecular weight is 423 g/mol. The third kappa shape index (κ3) is 4.98. The fourth-order valence-corrected chi connectivity index (χ4v) is 4.86. The Hall–Kier alpha value is -1.93. The van der Waals surface area contributed by atoms with Crippen molar-refractivity contribution in [3.8, 4) is 0 Å². The second-order valence-electron chi connectivity index (χ2n) is 8.79. The third-order valence-corrected chi connectivity index (χ3v) is 7.64. The van der Waals surface area contributed by atoms with E-state index in [0.717, 1.165) is 24.8 Å². The van der Waals surface area contributed by atoms with Gasteiger partial charge in [0.05, 0.1) is 10.8 Å². The molecule has 0 unspecified atom stereocenters. The van der Waals surface area contributed by atoms with E-state index < -0.39 is 10.0 Å². The van der Waals surface area contributed by atoms with Crippen LogP contribution in [0.4, 0.5) is 0 Å². The van der Waals surface area contributed by atoms with Crippen LogP contribution in [-0.2, 0) is 29.8 Å². The number of hydrogen-bond donors (Lipinski definition) is 0. The fraction of sp³-hybridized carbons (Fsp3) is 0.619. The Morgan fingerprint density at radius 2 is 1.62 bits per heavy atom. The Balaban J connectivity index is 1.53. The molecule has 29 heavy (non-hydrogen) atoms. The topological polar surface area (TPSA) is 84.0 Å². The van der Waals surface area contributed by atoms with Crippen molar-refractivity contribution >= 4 is 21.9 Å². The molecular weight excluding hydrogens is 392 g/mol. The van der Waals surface area contributed by atoms with Gasteiger partial charge in [0, 0.05) is 26.2 Å². The van der Waals surface area contributed by atoms with Crippen molar-refractivity contribution in [3.05, 3.63) is 29.8 Å². The Morgan fingerprint density at radius 3 is 2.10 bits per heavy atom. The molecule has 0 atom stereocenters. The number of rotatable bonds is 5. The number of esters is 1.